The van der Waals surface area contributed by atoms with Gasteiger partial charge in [-0.3, -0.25) is 9.59 Å². The maximum absolute atomic E-state index is 12.3. The number of Topliss-reactive ketones (excluding diaryl/α,β-unsaturated/α-hetero) is 1. The van der Waals surface area contributed by atoms with Crippen molar-refractivity contribution in [3.63, 3.8) is 0 Å². The molecule has 2 atom stereocenters. The van der Waals surface area contributed by atoms with Crippen molar-refractivity contribution >= 4 is 17.4 Å². The second-order valence-corrected chi connectivity index (χ2v) is 6.75. The molecular weight excluding hydrogens is 276 g/mol. The van der Waals surface area contributed by atoms with Crippen LogP contribution in [0.25, 0.3) is 0 Å². The van der Waals surface area contributed by atoms with Crippen molar-refractivity contribution in [1.29, 1.82) is 0 Å². The average Bonchev–Trinajstić information content (AvgIpc) is 2.53. The van der Waals surface area contributed by atoms with Crippen molar-refractivity contribution < 1.29 is 9.59 Å². The first-order valence-electron chi connectivity index (χ1n) is 8.24. The Labute approximate surface area is 131 Å². The van der Waals surface area contributed by atoms with Crippen LogP contribution in [0.5, 0.6) is 0 Å². The molecule has 0 aromatic heterocycles. The third-order valence-electron chi connectivity index (χ3n) is 4.80. The Bertz CT molecular complexity index is 595. The van der Waals surface area contributed by atoms with Crippen LogP contribution in [-0.2, 0) is 16.0 Å². The molecule has 1 aromatic carbocycles. The first kappa shape index (κ1) is 15.2. The van der Waals surface area contributed by atoms with E-state index >= 15 is 0 Å². The molecule has 0 aliphatic carbocycles. The number of fused-ring (bicyclic) bond motifs is 1. The minimum absolute atomic E-state index is 0.0960. The van der Waals surface area contributed by atoms with E-state index in [1.807, 2.05) is 19.9 Å². The van der Waals surface area contributed by atoms with Crippen molar-refractivity contribution in [2.24, 2.45) is 11.8 Å². The van der Waals surface area contributed by atoms with Crippen LogP contribution in [0.2, 0.25) is 0 Å². The Morgan fingerprint density at radius 3 is 2.86 bits per heavy atom. The fourth-order valence-corrected chi connectivity index (χ4v) is 3.52. The molecule has 4 nitrogen and oxygen atoms in total. The molecule has 0 spiro atoms. The first-order valence-corrected chi connectivity index (χ1v) is 8.24. The number of hydrogen-bond donors (Lipinski definition) is 2. The van der Waals surface area contributed by atoms with Crippen LogP contribution in [0.1, 0.15) is 50.3 Å². The van der Waals surface area contributed by atoms with Crippen LogP contribution in [0.3, 0.4) is 0 Å². The minimum Gasteiger partial charge on any atom is -0.326 e. The van der Waals surface area contributed by atoms with Gasteiger partial charge in [-0.25, -0.2) is 0 Å². The van der Waals surface area contributed by atoms with Gasteiger partial charge in [0.25, 0.3) is 0 Å². The van der Waals surface area contributed by atoms with E-state index in [-0.39, 0.29) is 23.8 Å². The number of rotatable bonds is 3. The number of aryl methyl sites for hydroxylation is 1. The summed E-state index contributed by atoms with van der Waals surface area (Å²) in [6.07, 6.45) is 3.18. The molecular formula is C18H24N2O2. The monoisotopic (exact) mass is 300 g/mol. The maximum Gasteiger partial charge on any atom is 0.224 e. The summed E-state index contributed by atoms with van der Waals surface area (Å²) in [6.45, 7) is 4.86. The Balaban J connectivity index is 1.76. The highest BCUT2D eigenvalue weighted by Crippen LogP contribution is 2.32. The SMILES string of the molecule is CC(C)C(=O)C1CCNC(c2ccc3c(c2)CCC(=O)N3)C1. The Hall–Kier alpha value is -1.68. The number of amides is 1. The zero-order chi connectivity index (χ0) is 15.7. The highest BCUT2D eigenvalue weighted by Gasteiger charge is 2.29. The summed E-state index contributed by atoms with van der Waals surface area (Å²) < 4.78 is 0. The van der Waals surface area contributed by atoms with E-state index in [2.05, 4.69) is 22.8 Å². The van der Waals surface area contributed by atoms with E-state index < -0.39 is 0 Å². The molecule has 2 aliphatic rings. The van der Waals surface area contributed by atoms with E-state index in [1.54, 1.807) is 0 Å². The fraction of sp³-hybridized carbons (Fsp3) is 0.556. The predicted octanol–water partition coefficient (Wildman–Crippen LogP) is 2.84. The molecule has 0 saturated carbocycles. The van der Waals surface area contributed by atoms with Gasteiger partial charge in [0.15, 0.2) is 0 Å². The van der Waals surface area contributed by atoms with E-state index in [9.17, 15) is 9.59 Å². The summed E-state index contributed by atoms with van der Waals surface area (Å²) in [4.78, 5) is 23.7. The van der Waals surface area contributed by atoms with Crippen molar-refractivity contribution in [2.45, 2.75) is 45.6 Å². The normalized spacial score (nSPS) is 24.8. The lowest BCUT2D eigenvalue weighted by Gasteiger charge is -2.31. The molecule has 1 fully saturated rings. The standard InChI is InChI=1S/C18H24N2O2/c1-11(2)18(22)14-7-8-19-16(10-14)13-3-5-15-12(9-13)4-6-17(21)20-15/h3,5,9,11,14,16,19H,4,6-8,10H2,1-2H3,(H,20,21). The number of carbonyl (C=O) groups is 2. The summed E-state index contributed by atoms with van der Waals surface area (Å²) in [5, 5.41) is 6.45. The van der Waals surface area contributed by atoms with Gasteiger partial charge >= 0.3 is 0 Å². The van der Waals surface area contributed by atoms with Gasteiger partial charge in [-0.1, -0.05) is 26.0 Å². The molecule has 0 radical (unpaired) electrons. The number of benzene rings is 1. The summed E-state index contributed by atoms with van der Waals surface area (Å²) >= 11 is 0. The second-order valence-electron chi connectivity index (χ2n) is 6.75. The van der Waals surface area contributed by atoms with Gasteiger partial charge in [0.1, 0.15) is 5.78 Å². The molecule has 4 heteroatoms. The van der Waals surface area contributed by atoms with Gasteiger partial charge in [0.05, 0.1) is 0 Å². The van der Waals surface area contributed by atoms with Gasteiger partial charge in [0, 0.05) is 30.0 Å². The Morgan fingerprint density at radius 2 is 2.09 bits per heavy atom. The molecule has 3 rings (SSSR count). The summed E-state index contributed by atoms with van der Waals surface area (Å²) in [7, 11) is 0. The van der Waals surface area contributed by atoms with Crippen LogP contribution in [0, 0.1) is 11.8 Å². The summed E-state index contributed by atoms with van der Waals surface area (Å²) in [6, 6.07) is 6.50. The van der Waals surface area contributed by atoms with Crippen LogP contribution in [0.15, 0.2) is 18.2 Å². The number of piperidine rings is 1. The molecule has 2 N–H and O–H groups in total. The summed E-state index contributed by atoms with van der Waals surface area (Å²) in [5.74, 6) is 0.764. The highest BCUT2D eigenvalue weighted by atomic mass is 16.1. The first-order chi connectivity index (χ1) is 10.5. The van der Waals surface area contributed by atoms with E-state index in [1.165, 1.54) is 11.1 Å². The number of carbonyl (C=O) groups excluding carboxylic acids is 2. The minimum atomic E-state index is 0.0960. The topological polar surface area (TPSA) is 58.2 Å². The largest absolute Gasteiger partial charge is 0.326 e. The molecule has 118 valence electrons. The van der Waals surface area contributed by atoms with Gasteiger partial charge in [-0.15, -0.1) is 0 Å². The molecule has 2 heterocycles. The van der Waals surface area contributed by atoms with Crippen molar-refractivity contribution in [1.82, 2.24) is 5.32 Å². The Kier molecular flexibility index (Phi) is 4.30. The third kappa shape index (κ3) is 3.07. The number of ketones is 1. The van der Waals surface area contributed by atoms with Gasteiger partial charge in [-0.05, 0) is 43.0 Å². The number of anilines is 1. The third-order valence-corrected chi connectivity index (χ3v) is 4.80. The van der Waals surface area contributed by atoms with Gasteiger partial charge in [0.2, 0.25) is 5.91 Å². The lowest BCUT2D eigenvalue weighted by molar-refractivity contribution is -0.127. The molecule has 1 amide bonds. The number of hydrogen-bond acceptors (Lipinski definition) is 3. The number of nitrogens with one attached hydrogen (secondary N) is 2. The van der Waals surface area contributed by atoms with Crippen molar-refractivity contribution in [2.75, 3.05) is 11.9 Å². The fourth-order valence-electron chi connectivity index (χ4n) is 3.52. The summed E-state index contributed by atoms with van der Waals surface area (Å²) in [5.41, 5.74) is 3.37. The predicted molar refractivity (Wildman–Crippen MR) is 86.7 cm³/mol. The maximum atomic E-state index is 12.3. The van der Waals surface area contributed by atoms with Crippen LogP contribution >= 0.6 is 0 Å². The molecule has 2 aliphatic heterocycles. The van der Waals surface area contributed by atoms with Gasteiger partial charge < -0.3 is 10.6 Å². The molecule has 1 saturated heterocycles. The lowest BCUT2D eigenvalue weighted by atomic mass is 9.82. The zero-order valence-corrected chi connectivity index (χ0v) is 13.3. The van der Waals surface area contributed by atoms with E-state index in [0.717, 1.165) is 31.5 Å². The zero-order valence-electron chi connectivity index (χ0n) is 13.3. The molecule has 2 unspecified atom stereocenters. The lowest BCUT2D eigenvalue weighted by Crippen LogP contribution is -2.36. The molecule has 0 bridgehead atoms. The average molecular weight is 300 g/mol. The van der Waals surface area contributed by atoms with Crippen molar-refractivity contribution in [3.05, 3.63) is 29.3 Å². The van der Waals surface area contributed by atoms with Crippen LogP contribution in [-0.4, -0.2) is 18.2 Å². The van der Waals surface area contributed by atoms with Crippen LogP contribution in [0.4, 0.5) is 5.69 Å². The van der Waals surface area contributed by atoms with Crippen molar-refractivity contribution in [3.8, 4) is 0 Å². The highest BCUT2D eigenvalue weighted by molar-refractivity contribution is 5.93. The quantitative estimate of drug-likeness (QED) is 0.902. The van der Waals surface area contributed by atoms with Crippen LogP contribution < -0.4 is 10.6 Å². The molecule has 22 heavy (non-hydrogen) atoms. The molecule has 1 aromatic rings. The van der Waals surface area contributed by atoms with Gasteiger partial charge in [-0.2, -0.15) is 0 Å². The van der Waals surface area contributed by atoms with E-state index in [0.29, 0.717) is 12.2 Å². The van der Waals surface area contributed by atoms with E-state index in [4.69, 9.17) is 0 Å². The second kappa shape index (κ2) is 6.21. The smallest absolute Gasteiger partial charge is 0.224 e. The Morgan fingerprint density at radius 1 is 1.27 bits per heavy atom.